The van der Waals surface area contributed by atoms with E-state index in [-0.39, 0.29) is 0 Å². The van der Waals surface area contributed by atoms with E-state index in [0.29, 0.717) is 12.5 Å². The smallest absolute Gasteiger partial charge is 0.412 e. The maximum Gasteiger partial charge on any atom is 0.412 e. The Morgan fingerprint density at radius 2 is 1.82 bits per heavy atom. The summed E-state index contributed by atoms with van der Waals surface area (Å²) in [6, 6.07) is 12.3. The fourth-order valence-electron chi connectivity index (χ4n) is 4.32. The van der Waals surface area contributed by atoms with E-state index in [1.807, 2.05) is 39.0 Å². The van der Waals surface area contributed by atoms with E-state index in [9.17, 15) is 4.79 Å². The zero-order valence-corrected chi connectivity index (χ0v) is 21.7. The Hall–Kier alpha value is -3.01. The summed E-state index contributed by atoms with van der Waals surface area (Å²) in [5.41, 5.74) is 7.80. The van der Waals surface area contributed by atoms with Crippen LogP contribution in [-0.4, -0.2) is 18.3 Å². The van der Waals surface area contributed by atoms with Crippen molar-refractivity contribution in [1.29, 1.82) is 0 Å². The Balaban J connectivity index is 1.75. The van der Waals surface area contributed by atoms with Crippen LogP contribution >= 0.6 is 0 Å². The van der Waals surface area contributed by atoms with Gasteiger partial charge < -0.3 is 9.47 Å². The fraction of sp³-hybridized carbons (Fsp3) is 0.433. The van der Waals surface area contributed by atoms with Crippen LogP contribution in [0.25, 0.3) is 5.57 Å². The number of amides is 1. The molecule has 34 heavy (non-hydrogen) atoms. The molecule has 1 unspecified atom stereocenters. The van der Waals surface area contributed by atoms with Gasteiger partial charge in [-0.25, -0.2) is 4.79 Å². The van der Waals surface area contributed by atoms with Gasteiger partial charge in [0.15, 0.2) is 0 Å². The molecule has 0 radical (unpaired) electrons. The molecule has 0 aromatic heterocycles. The molecule has 1 N–H and O–H groups in total. The molecule has 2 aromatic rings. The minimum Gasteiger partial charge on any atom is -0.489 e. The largest absolute Gasteiger partial charge is 0.489 e. The minimum absolute atomic E-state index is 0.439. The first kappa shape index (κ1) is 25.6. The van der Waals surface area contributed by atoms with Crippen molar-refractivity contribution in [3.05, 3.63) is 76.4 Å². The zero-order chi connectivity index (χ0) is 24.9. The number of rotatable bonds is 7. The number of benzene rings is 2. The van der Waals surface area contributed by atoms with Crippen molar-refractivity contribution in [2.75, 3.05) is 11.9 Å². The van der Waals surface area contributed by atoms with Crippen LogP contribution in [0.4, 0.5) is 10.5 Å². The molecule has 4 nitrogen and oxygen atoms in total. The molecule has 1 atom stereocenters. The first-order valence-corrected chi connectivity index (χ1v) is 12.3. The summed E-state index contributed by atoms with van der Waals surface area (Å²) >= 11 is 0. The van der Waals surface area contributed by atoms with Crippen LogP contribution in [-0.2, 0) is 11.2 Å². The minimum atomic E-state index is -0.535. The van der Waals surface area contributed by atoms with E-state index >= 15 is 0 Å². The molecule has 0 heterocycles. The number of hydrogen-bond acceptors (Lipinski definition) is 3. The molecule has 0 spiro atoms. The number of nitrogens with one attached hydrogen (secondary N) is 1. The number of hydrogen-bond donors (Lipinski definition) is 1. The van der Waals surface area contributed by atoms with E-state index in [2.05, 4.69) is 63.4 Å². The van der Waals surface area contributed by atoms with Gasteiger partial charge in [-0.2, -0.15) is 0 Å². The lowest BCUT2D eigenvalue weighted by atomic mass is 9.85. The third kappa shape index (κ3) is 6.75. The van der Waals surface area contributed by atoms with E-state index in [1.165, 1.54) is 27.8 Å². The van der Waals surface area contributed by atoms with Gasteiger partial charge in [0.05, 0.1) is 0 Å². The average molecular weight is 462 g/mol. The van der Waals surface area contributed by atoms with Crippen LogP contribution < -0.4 is 10.1 Å². The Bertz CT molecular complexity index is 1070. The molecule has 0 bridgehead atoms. The Morgan fingerprint density at radius 3 is 2.47 bits per heavy atom. The lowest BCUT2D eigenvalue weighted by molar-refractivity contribution is 0.0635. The molecule has 4 heteroatoms. The van der Waals surface area contributed by atoms with E-state index in [1.54, 1.807) is 0 Å². The maximum absolute atomic E-state index is 12.3. The molecule has 0 aliphatic heterocycles. The predicted octanol–water partition coefficient (Wildman–Crippen LogP) is 8.03. The van der Waals surface area contributed by atoms with Crippen molar-refractivity contribution in [2.45, 2.75) is 73.3 Å². The third-order valence-corrected chi connectivity index (χ3v) is 6.07. The normalized spacial score (nSPS) is 15.9. The molecular weight excluding hydrogens is 422 g/mol. The van der Waals surface area contributed by atoms with Crippen molar-refractivity contribution in [3.8, 4) is 5.75 Å². The maximum atomic E-state index is 12.3. The van der Waals surface area contributed by atoms with Crippen molar-refractivity contribution < 1.29 is 14.3 Å². The van der Waals surface area contributed by atoms with Gasteiger partial charge >= 0.3 is 6.09 Å². The highest BCUT2D eigenvalue weighted by Gasteiger charge is 2.19. The molecule has 3 rings (SSSR count). The number of ether oxygens (including phenoxy) is 2. The monoisotopic (exact) mass is 461 g/mol. The van der Waals surface area contributed by atoms with Crippen LogP contribution in [0.5, 0.6) is 5.75 Å². The van der Waals surface area contributed by atoms with Crippen LogP contribution in [0, 0.1) is 19.8 Å². The molecular formula is C30H39NO3. The molecule has 2 aromatic carbocycles. The van der Waals surface area contributed by atoms with Gasteiger partial charge in [-0.15, -0.1) is 0 Å². The van der Waals surface area contributed by atoms with Gasteiger partial charge in [-0.1, -0.05) is 50.6 Å². The van der Waals surface area contributed by atoms with E-state index < -0.39 is 11.7 Å². The second-order valence-electron chi connectivity index (χ2n) is 10.3. The summed E-state index contributed by atoms with van der Waals surface area (Å²) in [6.07, 6.45) is 7.04. The van der Waals surface area contributed by atoms with Crippen molar-refractivity contribution >= 4 is 17.4 Å². The SMILES string of the molecule is CCCc1cc(OCC2=CC(c3c(C)cccc3C)=CCC2C)ccc1NC(=O)OC(C)(C)C. The molecule has 1 amide bonds. The van der Waals surface area contributed by atoms with Crippen LogP contribution in [0.15, 0.2) is 54.1 Å². The summed E-state index contributed by atoms with van der Waals surface area (Å²) in [5, 5.41) is 2.89. The van der Waals surface area contributed by atoms with Crippen molar-refractivity contribution in [1.82, 2.24) is 0 Å². The molecule has 0 fully saturated rings. The molecule has 0 saturated carbocycles. The molecule has 0 saturated heterocycles. The summed E-state index contributed by atoms with van der Waals surface area (Å²) in [6.45, 7) is 14.9. The average Bonchev–Trinajstić information content (AvgIpc) is 2.74. The van der Waals surface area contributed by atoms with Crippen molar-refractivity contribution in [3.63, 3.8) is 0 Å². The second-order valence-corrected chi connectivity index (χ2v) is 10.3. The Kier molecular flexibility index (Phi) is 8.24. The van der Waals surface area contributed by atoms with Gasteiger partial charge in [-0.05, 0) is 105 Å². The lowest BCUT2D eigenvalue weighted by Crippen LogP contribution is -2.27. The first-order valence-electron chi connectivity index (χ1n) is 12.3. The fourth-order valence-corrected chi connectivity index (χ4v) is 4.32. The summed E-state index contributed by atoms with van der Waals surface area (Å²) in [4.78, 5) is 12.3. The predicted molar refractivity (Wildman–Crippen MR) is 142 cm³/mol. The number of carbonyl (C=O) groups is 1. The summed E-state index contributed by atoms with van der Waals surface area (Å²) in [7, 11) is 0. The lowest BCUT2D eigenvalue weighted by Gasteiger charge is -2.23. The van der Waals surface area contributed by atoms with Crippen LogP contribution in [0.3, 0.4) is 0 Å². The number of aryl methyl sites for hydroxylation is 3. The van der Waals surface area contributed by atoms with Crippen LogP contribution in [0.2, 0.25) is 0 Å². The quantitative estimate of drug-likeness (QED) is 0.454. The second kappa shape index (κ2) is 10.9. The highest BCUT2D eigenvalue weighted by atomic mass is 16.6. The number of allylic oxidation sites excluding steroid dienone is 3. The number of anilines is 1. The standard InChI is InChI=1S/C30H39NO3/c1-8-10-23-18-26(15-16-27(23)31-29(32)34-30(5,6)7)33-19-25-17-24(14-13-20(25)2)28-21(3)11-9-12-22(28)4/h9,11-12,14-18,20H,8,10,13,19H2,1-7H3,(H,31,32). The van der Waals surface area contributed by atoms with E-state index in [0.717, 1.165) is 36.3 Å². The summed E-state index contributed by atoms with van der Waals surface area (Å²) in [5.74, 6) is 1.26. The van der Waals surface area contributed by atoms with Gasteiger partial charge in [0.1, 0.15) is 18.0 Å². The molecule has 182 valence electrons. The third-order valence-electron chi connectivity index (χ3n) is 6.07. The first-order chi connectivity index (χ1) is 16.1. The molecule has 1 aliphatic rings. The van der Waals surface area contributed by atoms with Crippen LogP contribution in [0.1, 0.15) is 69.7 Å². The highest BCUT2D eigenvalue weighted by Crippen LogP contribution is 2.33. The van der Waals surface area contributed by atoms with Gasteiger partial charge in [0.2, 0.25) is 0 Å². The van der Waals surface area contributed by atoms with Crippen molar-refractivity contribution in [2.24, 2.45) is 5.92 Å². The van der Waals surface area contributed by atoms with Gasteiger partial charge in [-0.3, -0.25) is 5.32 Å². The van der Waals surface area contributed by atoms with Gasteiger partial charge in [0.25, 0.3) is 0 Å². The summed E-state index contributed by atoms with van der Waals surface area (Å²) < 4.78 is 11.7. The Morgan fingerprint density at radius 1 is 1.12 bits per heavy atom. The highest BCUT2D eigenvalue weighted by molar-refractivity contribution is 5.86. The van der Waals surface area contributed by atoms with Gasteiger partial charge in [0, 0.05) is 5.69 Å². The zero-order valence-electron chi connectivity index (χ0n) is 21.7. The molecule has 1 aliphatic carbocycles. The number of carbonyl (C=O) groups excluding carboxylic acids is 1. The topological polar surface area (TPSA) is 47.6 Å². The van der Waals surface area contributed by atoms with E-state index in [4.69, 9.17) is 9.47 Å². The Labute approximate surface area is 205 Å².